The van der Waals surface area contributed by atoms with Crippen molar-refractivity contribution in [3.8, 4) is 23.0 Å². The van der Waals surface area contributed by atoms with Crippen molar-refractivity contribution in [1.82, 2.24) is 19.9 Å². The summed E-state index contributed by atoms with van der Waals surface area (Å²) in [6.07, 6.45) is 1.66. The van der Waals surface area contributed by atoms with Gasteiger partial charge in [0, 0.05) is 0 Å². The molecule has 0 radical (unpaired) electrons. The van der Waals surface area contributed by atoms with Gasteiger partial charge in [-0.05, 0) is 30.3 Å². The molecule has 0 unspecified atom stereocenters. The van der Waals surface area contributed by atoms with Crippen molar-refractivity contribution >= 4 is 22.1 Å². The van der Waals surface area contributed by atoms with Crippen LogP contribution in [-0.2, 0) is 0 Å². The molecule has 3 aromatic heterocycles. The van der Waals surface area contributed by atoms with Crippen LogP contribution in [0.1, 0.15) is 0 Å². The van der Waals surface area contributed by atoms with Crippen molar-refractivity contribution in [2.45, 2.75) is 0 Å². The number of furan rings is 1. The molecule has 0 saturated heterocycles. The van der Waals surface area contributed by atoms with Crippen molar-refractivity contribution in [1.29, 1.82) is 0 Å². The first-order chi connectivity index (χ1) is 11.4. The highest BCUT2D eigenvalue weighted by Crippen LogP contribution is 2.32. The summed E-state index contributed by atoms with van der Waals surface area (Å²) in [5.41, 5.74) is 4.71. The molecule has 5 heteroatoms. The number of hydrogen-bond donors (Lipinski definition) is 2. The minimum atomic E-state index is 0.681. The summed E-state index contributed by atoms with van der Waals surface area (Å²) < 4.78 is 5.68. The van der Waals surface area contributed by atoms with Crippen LogP contribution in [-0.4, -0.2) is 19.9 Å². The lowest BCUT2D eigenvalue weighted by atomic mass is 10.2. The van der Waals surface area contributed by atoms with E-state index in [1.165, 1.54) is 0 Å². The van der Waals surface area contributed by atoms with Gasteiger partial charge in [0.2, 0.25) is 0 Å². The standard InChI is InChI=1S/C18H12N4O/c1-2-6-13-12(5-1)19-17(20-13)11-9-10-23-16(11)18-21-14-7-3-4-8-15(14)22-18/h1-10H,(H,19,20)(H,21,22). The van der Waals surface area contributed by atoms with Crippen molar-refractivity contribution in [3.63, 3.8) is 0 Å². The van der Waals surface area contributed by atoms with Crippen molar-refractivity contribution < 1.29 is 4.42 Å². The Kier molecular flexibility index (Phi) is 2.43. The van der Waals surface area contributed by atoms with Crippen LogP contribution in [0.5, 0.6) is 0 Å². The molecule has 3 heterocycles. The fourth-order valence-corrected chi connectivity index (χ4v) is 2.82. The maximum atomic E-state index is 5.68. The molecule has 5 aromatic rings. The maximum absolute atomic E-state index is 5.68. The van der Waals surface area contributed by atoms with Crippen LogP contribution in [0, 0.1) is 0 Å². The van der Waals surface area contributed by atoms with Crippen molar-refractivity contribution in [2.24, 2.45) is 0 Å². The predicted octanol–water partition coefficient (Wildman–Crippen LogP) is 4.37. The predicted molar refractivity (Wildman–Crippen MR) is 88.9 cm³/mol. The van der Waals surface area contributed by atoms with Crippen molar-refractivity contribution in [2.75, 3.05) is 0 Å². The average Bonchev–Trinajstić information content (AvgIpc) is 3.30. The Bertz CT molecular complexity index is 978. The third kappa shape index (κ3) is 1.87. The number of aromatic nitrogens is 4. The number of fused-ring (bicyclic) bond motifs is 2. The summed E-state index contributed by atoms with van der Waals surface area (Å²) in [6, 6.07) is 17.8. The molecule has 2 N–H and O–H groups in total. The maximum Gasteiger partial charge on any atom is 0.180 e. The second kappa shape index (κ2) is 4.58. The van der Waals surface area contributed by atoms with Gasteiger partial charge in [-0.2, -0.15) is 0 Å². The van der Waals surface area contributed by atoms with Crippen LogP contribution < -0.4 is 0 Å². The highest BCUT2D eigenvalue weighted by Gasteiger charge is 2.17. The highest BCUT2D eigenvalue weighted by molar-refractivity contribution is 5.85. The minimum Gasteiger partial charge on any atom is -0.460 e. The Balaban J connectivity index is 1.69. The molecule has 0 fully saturated rings. The van der Waals surface area contributed by atoms with E-state index in [1.807, 2.05) is 54.6 Å². The monoisotopic (exact) mass is 300 g/mol. The lowest BCUT2D eigenvalue weighted by Gasteiger charge is -1.95. The Morgan fingerprint density at radius 3 is 2.00 bits per heavy atom. The average molecular weight is 300 g/mol. The first kappa shape index (κ1) is 12.2. The van der Waals surface area contributed by atoms with E-state index in [4.69, 9.17) is 4.42 Å². The zero-order valence-corrected chi connectivity index (χ0v) is 12.1. The molecule has 0 aliphatic rings. The Labute approximate surface area is 131 Å². The Hall–Kier alpha value is -3.34. The van der Waals surface area contributed by atoms with Crippen LogP contribution in [0.3, 0.4) is 0 Å². The van der Waals surface area contributed by atoms with Crippen LogP contribution in [0.25, 0.3) is 45.0 Å². The van der Waals surface area contributed by atoms with E-state index in [1.54, 1.807) is 6.26 Å². The third-order valence-electron chi connectivity index (χ3n) is 3.91. The summed E-state index contributed by atoms with van der Waals surface area (Å²) in [4.78, 5) is 15.9. The van der Waals surface area contributed by atoms with E-state index in [-0.39, 0.29) is 0 Å². The molecule has 5 rings (SSSR count). The Morgan fingerprint density at radius 1 is 0.696 bits per heavy atom. The van der Waals surface area contributed by atoms with E-state index < -0.39 is 0 Å². The van der Waals surface area contributed by atoms with E-state index in [2.05, 4.69) is 19.9 Å². The molecule has 5 nitrogen and oxygen atoms in total. The second-order valence-corrected chi connectivity index (χ2v) is 5.37. The van der Waals surface area contributed by atoms with Gasteiger partial charge in [-0.1, -0.05) is 24.3 Å². The number of imidazole rings is 2. The van der Waals surface area contributed by atoms with E-state index >= 15 is 0 Å². The zero-order chi connectivity index (χ0) is 15.2. The van der Waals surface area contributed by atoms with Gasteiger partial charge in [0.15, 0.2) is 11.6 Å². The molecule has 0 bridgehead atoms. The molecule has 23 heavy (non-hydrogen) atoms. The smallest absolute Gasteiger partial charge is 0.180 e. The molecular formula is C18H12N4O. The molecular weight excluding hydrogens is 288 g/mol. The molecule has 0 atom stereocenters. The van der Waals surface area contributed by atoms with E-state index in [0.29, 0.717) is 11.6 Å². The number of nitrogens with zero attached hydrogens (tertiary/aromatic N) is 2. The van der Waals surface area contributed by atoms with Crippen LogP contribution in [0.4, 0.5) is 0 Å². The third-order valence-corrected chi connectivity index (χ3v) is 3.91. The largest absolute Gasteiger partial charge is 0.460 e. The van der Waals surface area contributed by atoms with Gasteiger partial charge in [0.1, 0.15) is 5.82 Å². The second-order valence-electron chi connectivity index (χ2n) is 5.37. The van der Waals surface area contributed by atoms with Gasteiger partial charge < -0.3 is 14.4 Å². The highest BCUT2D eigenvalue weighted by atomic mass is 16.3. The van der Waals surface area contributed by atoms with E-state index in [9.17, 15) is 0 Å². The first-order valence-corrected chi connectivity index (χ1v) is 7.36. The summed E-state index contributed by atoms with van der Waals surface area (Å²) in [7, 11) is 0. The van der Waals surface area contributed by atoms with Gasteiger partial charge >= 0.3 is 0 Å². The number of para-hydroxylation sites is 4. The molecule has 0 saturated carbocycles. The van der Waals surface area contributed by atoms with Crippen LogP contribution >= 0.6 is 0 Å². The quantitative estimate of drug-likeness (QED) is 0.508. The summed E-state index contributed by atoms with van der Waals surface area (Å²) in [5, 5.41) is 0. The van der Waals surface area contributed by atoms with Gasteiger partial charge in [0.05, 0.1) is 33.9 Å². The summed E-state index contributed by atoms with van der Waals surface area (Å²) >= 11 is 0. The number of nitrogens with one attached hydrogen (secondary N) is 2. The molecule has 0 aliphatic carbocycles. The molecule has 110 valence electrons. The molecule has 0 amide bonds. The Morgan fingerprint density at radius 2 is 1.30 bits per heavy atom. The number of hydrogen-bond acceptors (Lipinski definition) is 3. The fourth-order valence-electron chi connectivity index (χ4n) is 2.82. The lowest BCUT2D eigenvalue weighted by molar-refractivity contribution is 0.579. The summed E-state index contributed by atoms with van der Waals surface area (Å²) in [6.45, 7) is 0. The van der Waals surface area contributed by atoms with Gasteiger partial charge in [0.25, 0.3) is 0 Å². The van der Waals surface area contributed by atoms with Crippen LogP contribution in [0.2, 0.25) is 0 Å². The minimum absolute atomic E-state index is 0.681. The lowest BCUT2D eigenvalue weighted by Crippen LogP contribution is -1.84. The molecule has 2 aromatic carbocycles. The number of H-pyrrole nitrogens is 2. The number of aromatic amines is 2. The topological polar surface area (TPSA) is 70.5 Å². The molecule has 0 spiro atoms. The van der Waals surface area contributed by atoms with Gasteiger partial charge in [-0.3, -0.25) is 0 Å². The SMILES string of the molecule is c1ccc2[nH]c(-c3ccoc3-c3nc4ccccc4[nH]3)nc2c1. The zero-order valence-electron chi connectivity index (χ0n) is 12.1. The number of rotatable bonds is 2. The van der Waals surface area contributed by atoms with Gasteiger partial charge in [-0.15, -0.1) is 0 Å². The van der Waals surface area contributed by atoms with Crippen LogP contribution in [0.15, 0.2) is 65.3 Å². The van der Waals surface area contributed by atoms with Gasteiger partial charge in [-0.25, -0.2) is 9.97 Å². The fraction of sp³-hybridized carbons (Fsp3) is 0. The first-order valence-electron chi connectivity index (χ1n) is 7.36. The van der Waals surface area contributed by atoms with Crippen molar-refractivity contribution in [3.05, 3.63) is 60.9 Å². The number of benzene rings is 2. The summed E-state index contributed by atoms with van der Waals surface area (Å²) in [5.74, 6) is 2.15. The van der Waals surface area contributed by atoms with E-state index in [0.717, 1.165) is 33.5 Å². The molecule has 0 aliphatic heterocycles. The normalized spacial score (nSPS) is 11.5.